The summed E-state index contributed by atoms with van der Waals surface area (Å²) in [7, 11) is 2.14. The molecule has 13 nitrogen and oxygen atoms in total. The zero-order valence-electron chi connectivity index (χ0n) is 37.2. The van der Waals surface area contributed by atoms with Crippen LogP contribution in [0.25, 0.3) is 0 Å². The largest absolute Gasteiger partial charge is 0.379 e. The summed E-state index contributed by atoms with van der Waals surface area (Å²) in [5.74, 6) is -0.574. The molecule has 5 unspecified atom stereocenters. The lowest BCUT2D eigenvalue weighted by Crippen LogP contribution is -2.62. The first-order valence-corrected chi connectivity index (χ1v) is 22.5. The number of Topliss-reactive ketones (excluding diaryl/α,β-unsaturated/α-hetero) is 1. The number of nitrogens with two attached hydrogens (primary N) is 1. The second-order valence-electron chi connectivity index (χ2n) is 20.0. The van der Waals surface area contributed by atoms with Crippen molar-refractivity contribution in [3.63, 3.8) is 0 Å². The summed E-state index contributed by atoms with van der Waals surface area (Å²) < 4.78 is 5.36. The number of aldehydes is 2. The number of ether oxygens (including phenoxy) is 1. The van der Waals surface area contributed by atoms with Crippen molar-refractivity contribution in [3.05, 3.63) is 0 Å². The Morgan fingerprint density at radius 3 is 2.02 bits per heavy atom. The highest BCUT2D eigenvalue weighted by atomic mass is 16.5. The van der Waals surface area contributed by atoms with Crippen LogP contribution in [0.15, 0.2) is 0 Å². The summed E-state index contributed by atoms with van der Waals surface area (Å²) in [5, 5.41) is 8.85. The molecule has 2 spiro atoms. The van der Waals surface area contributed by atoms with E-state index < -0.39 is 29.3 Å². The van der Waals surface area contributed by atoms with Crippen molar-refractivity contribution in [2.24, 2.45) is 45.7 Å². The first kappa shape index (κ1) is 47.9. The van der Waals surface area contributed by atoms with E-state index >= 15 is 0 Å². The van der Waals surface area contributed by atoms with Crippen LogP contribution in [0.2, 0.25) is 0 Å². The maximum atomic E-state index is 13.0. The Kier molecular flexibility index (Phi) is 17.1. The normalized spacial score (nSPS) is 27.0. The number of carbonyl (C=O) groups excluding carboxylic acids is 6. The molecule has 4 aliphatic carbocycles. The predicted molar refractivity (Wildman–Crippen MR) is 226 cm³/mol. The minimum Gasteiger partial charge on any atom is -0.379 e. The zero-order chi connectivity index (χ0) is 42.9. The van der Waals surface area contributed by atoms with Gasteiger partial charge < -0.3 is 40.9 Å². The molecular formula is C45H78N6O7. The Hall–Kier alpha value is -2.74. The lowest BCUT2D eigenvalue weighted by molar-refractivity contribution is -0.139. The van der Waals surface area contributed by atoms with E-state index in [0.717, 1.165) is 63.7 Å². The quantitative estimate of drug-likeness (QED) is 0.131. The second kappa shape index (κ2) is 20.7. The van der Waals surface area contributed by atoms with Gasteiger partial charge in [0.2, 0.25) is 17.6 Å². The number of hydrogen-bond donors (Lipinski definition) is 4. The molecule has 6 rings (SSSR count). The summed E-state index contributed by atoms with van der Waals surface area (Å²) in [5.41, 5.74) is 5.71. The summed E-state index contributed by atoms with van der Waals surface area (Å²) in [6.45, 7) is 19.2. The van der Waals surface area contributed by atoms with Crippen LogP contribution in [0.4, 0.5) is 0 Å². The smallest absolute Gasteiger partial charge is 0.286 e. The van der Waals surface area contributed by atoms with Crippen LogP contribution < -0.4 is 21.7 Å². The van der Waals surface area contributed by atoms with E-state index in [-0.39, 0.29) is 36.2 Å². The third kappa shape index (κ3) is 10.6. The van der Waals surface area contributed by atoms with Gasteiger partial charge in [-0.3, -0.25) is 24.1 Å². The Balaban J connectivity index is 0.000000238. The number of primary amides is 1. The van der Waals surface area contributed by atoms with Crippen LogP contribution in [-0.4, -0.2) is 123 Å². The minimum absolute atomic E-state index is 0.0230. The van der Waals surface area contributed by atoms with Crippen LogP contribution in [-0.2, 0) is 33.5 Å². The van der Waals surface area contributed by atoms with E-state index in [2.05, 4.69) is 67.4 Å². The molecule has 2 heterocycles. The molecule has 0 aromatic carbocycles. The van der Waals surface area contributed by atoms with Gasteiger partial charge in [0.25, 0.3) is 5.91 Å². The number of fused-ring (bicyclic) bond motifs is 1. The van der Waals surface area contributed by atoms with Crippen molar-refractivity contribution in [1.82, 2.24) is 25.8 Å². The van der Waals surface area contributed by atoms with Crippen LogP contribution >= 0.6 is 0 Å². The van der Waals surface area contributed by atoms with Gasteiger partial charge in [-0.2, -0.15) is 0 Å². The van der Waals surface area contributed by atoms with Gasteiger partial charge in [-0.25, -0.2) is 0 Å². The number of carbonyl (C=O) groups is 6. The van der Waals surface area contributed by atoms with Gasteiger partial charge in [0.1, 0.15) is 18.6 Å². The lowest BCUT2D eigenvalue weighted by atomic mass is 9.73. The highest BCUT2D eigenvalue weighted by Gasteiger charge is 2.84. The molecule has 58 heavy (non-hydrogen) atoms. The van der Waals surface area contributed by atoms with Gasteiger partial charge >= 0.3 is 0 Å². The fourth-order valence-electron chi connectivity index (χ4n) is 11.1. The standard InChI is InChI=1S/C23H37N3O3.C18H31N3O4.C4H10/c1-21(2)22(8-5-9-22)23(21)11-18(26(3)14-23)16(13-27)12-25-17(19(28)20(24)29)10-15-6-4-7-15;1-18(2,21-9-12-25-13-10-21)17(24)20-15(16(23)19-8-11-22)14-6-4-3-5-7-14;1-4(2)3/h13,15-18,25H,4-12,14H2,1-3H3,(H2,24,29);11,14-15H,3-10,12-13H2,1-2H3,(H,19,23)(H,20,24);4H,1-3H3. The van der Waals surface area contributed by atoms with E-state index in [9.17, 15) is 28.8 Å². The Labute approximate surface area is 348 Å². The first-order valence-electron chi connectivity index (χ1n) is 22.5. The third-order valence-electron chi connectivity index (χ3n) is 15.1. The number of ketones is 1. The van der Waals surface area contributed by atoms with Crippen molar-refractivity contribution >= 4 is 36.1 Å². The van der Waals surface area contributed by atoms with Gasteiger partial charge in [0, 0.05) is 38.1 Å². The minimum atomic E-state index is -0.881. The number of morpholine rings is 1. The highest BCUT2D eigenvalue weighted by Crippen LogP contribution is 2.88. The molecule has 6 fully saturated rings. The summed E-state index contributed by atoms with van der Waals surface area (Å²) in [6, 6.07) is -0.948. The molecule has 13 heteroatoms. The van der Waals surface area contributed by atoms with Gasteiger partial charge in [-0.1, -0.05) is 79.6 Å². The second-order valence-corrected chi connectivity index (χ2v) is 20.0. The number of rotatable bonds is 16. The molecular weight excluding hydrogens is 737 g/mol. The Morgan fingerprint density at radius 2 is 1.53 bits per heavy atom. The number of amides is 3. The average molecular weight is 815 g/mol. The monoisotopic (exact) mass is 815 g/mol. The molecule has 2 aliphatic heterocycles. The fourth-order valence-corrected chi connectivity index (χ4v) is 11.1. The molecule has 0 aromatic heterocycles. The van der Waals surface area contributed by atoms with Gasteiger partial charge in [0.15, 0.2) is 0 Å². The highest BCUT2D eigenvalue weighted by molar-refractivity contribution is 6.37. The van der Waals surface area contributed by atoms with Gasteiger partial charge in [-0.15, -0.1) is 0 Å². The van der Waals surface area contributed by atoms with E-state index in [4.69, 9.17) is 10.5 Å². The molecule has 4 saturated carbocycles. The molecule has 6 aliphatic rings. The van der Waals surface area contributed by atoms with Crippen LogP contribution in [0.5, 0.6) is 0 Å². The number of nitrogens with zero attached hydrogens (tertiary/aromatic N) is 2. The molecule has 5 N–H and O–H groups in total. The van der Waals surface area contributed by atoms with E-state index in [0.29, 0.717) is 67.7 Å². The van der Waals surface area contributed by atoms with Crippen LogP contribution in [0.1, 0.15) is 132 Å². The maximum Gasteiger partial charge on any atom is 0.286 e. The van der Waals surface area contributed by atoms with Crippen molar-refractivity contribution in [3.8, 4) is 0 Å². The topological polar surface area (TPSA) is 180 Å². The van der Waals surface area contributed by atoms with Crippen LogP contribution in [0, 0.1) is 39.9 Å². The first-order chi connectivity index (χ1) is 27.4. The fraction of sp³-hybridized carbons (Fsp3) is 0.867. The zero-order valence-corrected chi connectivity index (χ0v) is 37.2. The third-order valence-corrected chi connectivity index (χ3v) is 15.1. The molecule has 0 radical (unpaired) electrons. The Bertz CT molecular complexity index is 1410. The molecule has 330 valence electrons. The van der Waals surface area contributed by atoms with Crippen molar-refractivity contribution in [2.75, 3.05) is 53.0 Å². The number of hydrogen-bond acceptors (Lipinski definition) is 10. The molecule has 3 amide bonds. The van der Waals surface area contributed by atoms with E-state index in [1.54, 1.807) is 0 Å². The average Bonchev–Trinajstić information content (AvgIpc) is 3.35. The van der Waals surface area contributed by atoms with Crippen molar-refractivity contribution in [1.29, 1.82) is 0 Å². The summed E-state index contributed by atoms with van der Waals surface area (Å²) >= 11 is 0. The van der Waals surface area contributed by atoms with E-state index in [1.165, 1.54) is 32.1 Å². The van der Waals surface area contributed by atoms with Crippen LogP contribution in [0.3, 0.4) is 0 Å². The molecule has 0 bridgehead atoms. The molecule has 2 saturated heterocycles. The van der Waals surface area contributed by atoms with Gasteiger partial charge in [0.05, 0.1) is 31.3 Å². The lowest BCUT2D eigenvalue weighted by Gasteiger charge is -2.41. The molecule has 0 aromatic rings. The van der Waals surface area contributed by atoms with Crippen molar-refractivity contribution in [2.45, 2.75) is 156 Å². The predicted octanol–water partition coefficient (Wildman–Crippen LogP) is 4.04. The number of nitrogens with one attached hydrogen (secondary N) is 3. The summed E-state index contributed by atoms with van der Waals surface area (Å²) in [4.78, 5) is 76.3. The SMILES string of the molecule is CC(C)(C(=O)NC(C(=O)NCC=O)C1CCCCC1)N1CCOCC1.CC(C)C.CN1CC2(CC1C(C=O)CNC(CC1CCC1)C(=O)C(N)=O)C(C)(C)C21CCC1. The van der Waals surface area contributed by atoms with Crippen molar-refractivity contribution < 1.29 is 33.5 Å². The van der Waals surface area contributed by atoms with E-state index in [1.807, 2.05) is 13.8 Å². The Morgan fingerprint density at radius 1 is 0.914 bits per heavy atom. The maximum absolute atomic E-state index is 13.0. The number of likely N-dealkylation sites (tertiary alicyclic amines) is 1. The van der Waals surface area contributed by atoms with Gasteiger partial charge in [-0.05, 0) is 93.4 Å². The summed E-state index contributed by atoms with van der Waals surface area (Å²) in [6.07, 6.45) is 16.0. The molecule has 5 atom stereocenters.